The maximum Gasteiger partial charge on any atom is 0.306 e. The summed E-state index contributed by atoms with van der Waals surface area (Å²) in [6.07, 6.45) is 5.50. The summed E-state index contributed by atoms with van der Waals surface area (Å²) in [6, 6.07) is 7.98. The third kappa shape index (κ3) is 9.39. The van der Waals surface area contributed by atoms with Gasteiger partial charge in [0.05, 0.1) is 37.3 Å². The predicted octanol–water partition coefficient (Wildman–Crippen LogP) is 5.60. The van der Waals surface area contributed by atoms with Crippen LogP contribution >= 0.6 is 11.6 Å². The molecule has 43 heavy (non-hydrogen) atoms. The summed E-state index contributed by atoms with van der Waals surface area (Å²) in [6.45, 7) is 6.63. The zero-order valence-electron chi connectivity index (χ0n) is 24.7. The molecule has 0 bridgehead atoms. The lowest BCUT2D eigenvalue weighted by Gasteiger charge is -2.34. The van der Waals surface area contributed by atoms with Gasteiger partial charge in [-0.2, -0.15) is 0 Å². The van der Waals surface area contributed by atoms with Crippen molar-refractivity contribution < 1.29 is 28.2 Å². The van der Waals surface area contributed by atoms with Gasteiger partial charge in [-0.3, -0.25) is 14.5 Å². The minimum Gasteiger partial charge on any atom is -0.493 e. The summed E-state index contributed by atoms with van der Waals surface area (Å²) in [5.74, 6) is 0.837. The second-order valence-corrected chi connectivity index (χ2v) is 10.8. The highest BCUT2D eigenvalue weighted by Crippen LogP contribution is 2.35. The van der Waals surface area contributed by atoms with E-state index in [1.165, 1.54) is 18.5 Å². The number of esters is 1. The summed E-state index contributed by atoms with van der Waals surface area (Å²) >= 11 is 5.94. The lowest BCUT2D eigenvalue weighted by atomic mass is 10.2. The van der Waals surface area contributed by atoms with E-state index in [1.807, 2.05) is 11.0 Å². The van der Waals surface area contributed by atoms with Crippen LogP contribution in [-0.4, -0.2) is 84.7 Å². The number of nitrogens with one attached hydrogen (secondary N) is 1. The molecule has 232 valence electrons. The number of hydrogen-bond acceptors (Lipinski definition) is 9. The van der Waals surface area contributed by atoms with Crippen LogP contribution in [-0.2, 0) is 14.3 Å². The average Bonchev–Trinajstić information content (AvgIpc) is 3.02. The summed E-state index contributed by atoms with van der Waals surface area (Å²) in [5.41, 5.74) is 1.25. The van der Waals surface area contributed by atoms with Crippen molar-refractivity contribution in [3.8, 4) is 11.5 Å². The number of methoxy groups -OCH3 is 1. The number of piperazine rings is 1. The summed E-state index contributed by atoms with van der Waals surface area (Å²) in [4.78, 5) is 37.2. The Bertz CT molecular complexity index is 1390. The average molecular weight is 616 g/mol. The Hall–Kier alpha value is -3.70. The fourth-order valence-electron chi connectivity index (χ4n) is 4.82. The number of unbranched alkanes of at least 4 members (excludes halogenated alkanes) is 2. The number of aromatic nitrogens is 2. The standard InChI is InChI=1S/C31H39ClFN5O5/c1-3-4-5-16-43-30(40)10-9-29(39)38-14-12-37(13-15-38)11-6-17-42-28-19-23-26(20-27(28)41-2)34-21-35-31(23)36-22-7-8-25(33)24(32)18-22/h7-8,18-21H,3-6,9-17H2,1-2H3,(H,34,35,36). The lowest BCUT2D eigenvalue weighted by molar-refractivity contribution is -0.146. The summed E-state index contributed by atoms with van der Waals surface area (Å²) in [7, 11) is 1.58. The molecule has 1 aromatic heterocycles. The van der Waals surface area contributed by atoms with Gasteiger partial charge < -0.3 is 24.4 Å². The Morgan fingerprint density at radius 2 is 1.81 bits per heavy atom. The van der Waals surface area contributed by atoms with Crippen LogP contribution in [0.1, 0.15) is 45.4 Å². The van der Waals surface area contributed by atoms with Gasteiger partial charge in [-0.05, 0) is 37.1 Å². The molecule has 0 atom stereocenters. The van der Waals surface area contributed by atoms with Gasteiger partial charge in [0.25, 0.3) is 0 Å². The number of amides is 1. The number of benzene rings is 2. The minimum atomic E-state index is -0.498. The maximum atomic E-state index is 13.6. The zero-order valence-corrected chi connectivity index (χ0v) is 25.5. The van der Waals surface area contributed by atoms with Crippen LogP contribution in [0.2, 0.25) is 5.02 Å². The first kappa shape index (κ1) is 32.2. The van der Waals surface area contributed by atoms with Gasteiger partial charge in [0, 0.05) is 56.3 Å². The van der Waals surface area contributed by atoms with Gasteiger partial charge in [0.1, 0.15) is 18.0 Å². The van der Waals surface area contributed by atoms with Gasteiger partial charge in [-0.25, -0.2) is 14.4 Å². The van der Waals surface area contributed by atoms with E-state index in [1.54, 1.807) is 19.2 Å². The molecule has 1 saturated heterocycles. The molecule has 1 fully saturated rings. The number of ether oxygens (including phenoxy) is 3. The number of nitrogens with zero attached hydrogens (tertiary/aromatic N) is 4. The Balaban J connectivity index is 1.23. The summed E-state index contributed by atoms with van der Waals surface area (Å²) < 4.78 is 30.4. The first-order valence-corrected chi connectivity index (χ1v) is 15.1. The topological polar surface area (TPSA) is 106 Å². The Kier molecular flexibility index (Phi) is 12.2. The number of carbonyl (C=O) groups excluding carboxylic acids is 2. The normalized spacial score (nSPS) is 13.6. The van der Waals surface area contributed by atoms with Crippen molar-refractivity contribution in [3.63, 3.8) is 0 Å². The maximum absolute atomic E-state index is 13.6. The molecule has 1 N–H and O–H groups in total. The minimum absolute atomic E-state index is 0.00254. The fourth-order valence-corrected chi connectivity index (χ4v) is 5.00. The molecule has 1 aliphatic rings. The van der Waals surface area contributed by atoms with E-state index in [0.29, 0.717) is 60.2 Å². The number of carbonyl (C=O) groups is 2. The molecule has 0 spiro atoms. The molecule has 2 heterocycles. The highest BCUT2D eigenvalue weighted by Gasteiger charge is 2.21. The first-order chi connectivity index (χ1) is 20.9. The quantitative estimate of drug-likeness (QED) is 0.173. The zero-order chi connectivity index (χ0) is 30.6. The van der Waals surface area contributed by atoms with Gasteiger partial charge in [-0.15, -0.1) is 0 Å². The van der Waals surface area contributed by atoms with E-state index >= 15 is 0 Å². The van der Waals surface area contributed by atoms with Crippen LogP contribution in [0.15, 0.2) is 36.7 Å². The SMILES string of the molecule is CCCCCOC(=O)CCC(=O)N1CCN(CCCOc2cc3c(Nc4ccc(F)c(Cl)c4)ncnc3cc2OC)CC1. The molecule has 0 saturated carbocycles. The molecule has 10 nitrogen and oxygen atoms in total. The Morgan fingerprint density at radius 3 is 2.56 bits per heavy atom. The highest BCUT2D eigenvalue weighted by molar-refractivity contribution is 6.31. The van der Waals surface area contributed by atoms with Crippen LogP contribution in [0.4, 0.5) is 15.9 Å². The fraction of sp³-hybridized carbons (Fsp3) is 0.484. The highest BCUT2D eigenvalue weighted by atomic mass is 35.5. The van der Waals surface area contributed by atoms with Gasteiger partial charge >= 0.3 is 5.97 Å². The molecule has 2 aromatic carbocycles. The number of hydrogen-bond donors (Lipinski definition) is 1. The van der Waals surface area contributed by atoms with Crippen molar-refractivity contribution in [2.24, 2.45) is 0 Å². The number of halogens is 2. The first-order valence-electron chi connectivity index (χ1n) is 14.7. The number of fused-ring (bicyclic) bond motifs is 1. The lowest BCUT2D eigenvalue weighted by Crippen LogP contribution is -2.49. The van der Waals surface area contributed by atoms with Crippen molar-refractivity contribution in [3.05, 3.63) is 47.5 Å². The van der Waals surface area contributed by atoms with E-state index in [9.17, 15) is 14.0 Å². The third-order valence-electron chi connectivity index (χ3n) is 7.26. The third-order valence-corrected chi connectivity index (χ3v) is 7.55. The molecule has 4 rings (SSSR count). The van der Waals surface area contributed by atoms with Crippen LogP contribution in [0.5, 0.6) is 11.5 Å². The number of rotatable bonds is 15. The van der Waals surface area contributed by atoms with Crippen LogP contribution in [0.25, 0.3) is 10.9 Å². The molecule has 0 radical (unpaired) electrons. The number of anilines is 2. The smallest absolute Gasteiger partial charge is 0.306 e. The molecular formula is C31H39ClFN5O5. The van der Waals surface area contributed by atoms with Crippen LogP contribution in [0.3, 0.4) is 0 Å². The van der Waals surface area contributed by atoms with E-state index < -0.39 is 5.82 Å². The van der Waals surface area contributed by atoms with Crippen molar-refractivity contribution >= 4 is 45.9 Å². The molecule has 1 aliphatic heterocycles. The van der Waals surface area contributed by atoms with Crippen LogP contribution in [0, 0.1) is 5.82 Å². The second-order valence-electron chi connectivity index (χ2n) is 10.3. The molecule has 0 unspecified atom stereocenters. The van der Waals surface area contributed by atoms with Gasteiger partial charge in [0.2, 0.25) is 5.91 Å². The van der Waals surface area contributed by atoms with Crippen molar-refractivity contribution in [2.75, 3.05) is 58.4 Å². The van der Waals surface area contributed by atoms with Crippen molar-refractivity contribution in [2.45, 2.75) is 45.4 Å². The van der Waals surface area contributed by atoms with E-state index in [-0.39, 0.29) is 29.7 Å². The second kappa shape index (κ2) is 16.2. The van der Waals surface area contributed by atoms with Gasteiger partial charge in [-0.1, -0.05) is 31.4 Å². The van der Waals surface area contributed by atoms with Crippen molar-refractivity contribution in [1.82, 2.24) is 19.8 Å². The van der Waals surface area contributed by atoms with Crippen LogP contribution < -0.4 is 14.8 Å². The monoisotopic (exact) mass is 615 g/mol. The van der Waals surface area contributed by atoms with E-state index in [2.05, 4.69) is 27.1 Å². The molecule has 1 amide bonds. The van der Waals surface area contributed by atoms with Gasteiger partial charge in [0.15, 0.2) is 11.5 Å². The molecule has 12 heteroatoms. The summed E-state index contributed by atoms with van der Waals surface area (Å²) in [5, 5.41) is 3.89. The van der Waals surface area contributed by atoms with Crippen molar-refractivity contribution in [1.29, 1.82) is 0 Å². The van der Waals surface area contributed by atoms with E-state index in [0.717, 1.165) is 45.3 Å². The Labute approximate surface area is 256 Å². The largest absolute Gasteiger partial charge is 0.493 e. The molecule has 3 aromatic rings. The molecule has 0 aliphatic carbocycles. The molecular weight excluding hydrogens is 577 g/mol. The predicted molar refractivity (Wildman–Crippen MR) is 164 cm³/mol. The Morgan fingerprint density at radius 1 is 1.00 bits per heavy atom. The van der Waals surface area contributed by atoms with E-state index in [4.69, 9.17) is 25.8 Å².